The zero-order valence-corrected chi connectivity index (χ0v) is 28.1. The number of nitrogens with zero attached hydrogens (tertiary/aromatic N) is 3. The van der Waals surface area contributed by atoms with Crippen molar-refractivity contribution in [2.24, 2.45) is 5.92 Å². The molecule has 2 saturated heterocycles. The van der Waals surface area contributed by atoms with E-state index in [2.05, 4.69) is 34.3 Å². The number of methoxy groups -OCH3 is 1. The van der Waals surface area contributed by atoms with E-state index in [9.17, 15) is 14.4 Å². The van der Waals surface area contributed by atoms with Crippen LogP contribution >= 0.6 is 11.3 Å². The Hall–Kier alpha value is -3.76. The molecule has 0 bridgehead atoms. The van der Waals surface area contributed by atoms with Gasteiger partial charge in [0.25, 0.3) is 11.8 Å². The van der Waals surface area contributed by atoms with Gasteiger partial charge in [-0.2, -0.15) is 0 Å². The van der Waals surface area contributed by atoms with Crippen molar-refractivity contribution in [3.05, 3.63) is 64.5 Å². The van der Waals surface area contributed by atoms with Gasteiger partial charge in [0, 0.05) is 54.2 Å². The Labute approximate surface area is 276 Å². The van der Waals surface area contributed by atoms with Crippen LogP contribution in [0, 0.1) is 5.92 Å². The number of piperidine rings is 1. The largest absolute Gasteiger partial charge is 0.496 e. The molecule has 46 heavy (non-hydrogen) atoms. The normalized spacial score (nSPS) is 17.2. The van der Waals surface area contributed by atoms with E-state index in [0.717, 1.165) is 75.0 Å². The minimum absolute atomic E-state index is 0.00109. The molecule has 2 aromatic carbocycles. The fourth-order valence-corrected chi connectivity index (χ4v) is 7.19. The molecule has 0 saturated carbocycles. The summed E-state index contributed by atoms with van der Waals surface area (Å²) in [6, 6.07) is 13.5. The van der Waals surface area contributed by atoms with Crippen molar-refractivity contribution >= 4 is 34.3 Å². The lowest BCUT2D eigenvalue weighted by atomic mass is 10.0. The second-order valence-corrected chi connectivity index (χ2v) is 13.1. The third-order valence-electron chi connectivity index (χ3n) is 9.12. The van der Waals surface area contributed by atoms with Crippen LogP contribution < -0.4 is 10.1 Å². The highest BCUT2D eigenvalue weighted by Gasteiger charge is 2.32. The van der Waals surface area contributed by atoms with Gasteiger partial charge in [-0.1, -0.05) is 19.4 Å². The number of carbonyl (C=O) groups excluding carboxylic acids is 3. The highest BCUT2D eigenvalue weighted by atomic mass is 32.1. The molecule has 2 aliphatic rings. The van der Waals surface area contributed by atoms with Crippen LogP contribution in [-0.4, -0.2) is 78.5 Å². The van der Waals surface area contributed by atoms with Crippen LogP contribution in [0.15, 0.2) is 47.8 Å². The number of aromatic nitrogens is 1. The number of thiazole rings is 1. The summed E-state index contributed by atoms with van der Waals surface area (Å²) in [5, 5.41) is 5.34. The van der Waals surface area contributed by atoms with E-state index in [0.29, 0.717) is 54.3 Å². The van der Waals surface area contributed by atoms with Gasteiger partial charge >= 0.3 is 5.97 Å². The molecule has 2 amide bonds. The molecule has 10 heteroatoms. The van der Waals surface area contributed by atoms with Gasteiger partial charge < -0.3 is 14.4 Å². The molecule has 0 spiro atoms. The number of amides is 2. The molecule has 9 nitrogen and oxygen atoms in total. The zero-order chi connectivity index (χ0) is 32.5. The Morgan fingerprint density at radius 2 is 1.76 bits per heavy atom. The lowest BCUT2D eigenvalue weighted by Gasteiger charge is -2.37. The average molecular weight is 647 g/mol. The molecule has 1 atom stereocenters. The SMILES string of the molecule is CCCCc1ccc(OC)c(-c2csc(NC(=O)c3ccc(C(=O)N4CCC(N5CC[C@@H](CCC(=O)OCC)C5)CC4)cc3)n2)c1. The number of hydrogen-bond acceptors (Lipinski definition) is 8. The first-order valence-electron chi connectivity index (χ1n) is 16.6. The molecular formula is C36H46N4O5S. The monoisotopic (exact) mass is 646 g/mol. The Bertz CT molecular complexity index is 1480. The molecule has 3 aromatic rings. The number of ether oxygens (including phenoxy) is 2. The number of esters is 1. The van der Waals surface area contributed by atoms with Crippen molar-refractivity contribution < 1.29 is 23.9 Å². The van der Waals surface area contributed by atoms with Gasteiger partial charge in [0.2, 0.25) is 0 Å². The third kappa shape index (κ3) is 8.53. The lowest BCUT2D eigenvalue weighted by molar-refractivity contribution is -0.143. The molecule has 5 rings (SSSR count). The van der Waals surface area contributed by atoms with Crippen molar-refractivity contribution in [1.29, 1.82) is 0 Å². The Morgan fingerprint density at radius 1 is 1.00 bits per heavy atom. The van der Waals surface area contributed by atoms with E-state index in [1.54, 1.807) is 31.4 Å². The summed E-state index contributed by atoms with van der Waals surface area (Å²) in [6.07, 6.45) is 7.63. The van der Waals surface area contributed by atoms with Crippen molar-refractivity contribution in [3.63, 3.8) is 0 Å². The van der Waals surface area contributed by atoms with Crippen LogP contribution in [0.1, 0.15) is 85.1 Å². The third-order valence-corrected chi connectivity index (χ3v) is 9.88. The minimum Gasteiger partial charge on any atom is -0.496 e. The number of benzene rings is 2. The van der Waals surface area contributed by atoms with E-state index in [-0.39, 0.29) is 17.8 Å². The van der Waals surface area contributed by atoms with E-state index < -0.39 is 0 Å². The maximum Gasteiger partial charge on any atom is 0.305 e. The second kappa shape index (κ2) is 16.2. The minimum atomic E-state index is -0.268. The molecule has 246 valence electrons. The fourth-order valence-electron chi connectivity index (χ4n) is 6.48. The van der Waals surface area contributed by atoms with Crippen molar-refractivity contribution in [1.82, 2.24) is 14.8 Å². The summed E-state index contributed by atoms with van der Waals surface area (Å²) in [6.45, 7) is 7.96. The summed E-state index contributed by atoms with van der Waals surface area (Å²) in [5.74, 6) is 0.916. The van der Waals surface area contributed by atoms with E-state index in [1.165, 1.54) is 16.9 Å². The number of rotatable bonds is 13. The molecule has 0 aliphatic carbocycles. The number of likely N-dealkylation sites (tertiary alicyclic amines) is 2. The van der Waals surface area contributed by atoms with Gasteiger partial charge in [-0.05, 0) is 99.9 Å². The second-order valence-electron chi connectivity index (χ2n) is 12.2. The molecular weight excluding hydrogens is 600 g/mol. The van der Waals surface area contributed by atoms with Gasteiger partial charge in [0.1, 0.15) is 5.75 Å². The van der Waals surface area contributed by atoms with Crippen molar-refractivity contribution in [2.75, 3.05) is 45.2 Å². The van der Waals surface area contributed by atoms with E-state index in [4.69, 9.17) is 9.47 Å². The number of hydrogen-bond donors (Lipinski definition) is 1. The van der Waals surface area contributed by atoms with Gasteiger partial charge in [-0.25, -0.2) is 4.98 Å². The first-order chi connectivity index (χ1) is 22.4. The standard InChI is InChI=1S/C36H46N4O5S/c1-4-6-7-25-8-14-32(44-3)30(22-25)31-24-46-36(37-31)38-34(42)27-10-12-28(13-11-27)35(43)39-20-17-29(18-21-39)40-19-16-26(23-40)9-15-33(41)45-5-2/h8,10-14,22,24,26,29H,4-7,9,15-21,23H2,1-3H3,(H,37,38,42)/t26-/m1/s1. The highest BCUT2D eigenvalue weighted by molar-refractivity contribution is 7.14. The lowest BCUT2D eigenvalue weighted by Crippen LogP contribution is -2.46. The van der Waals surface area contributed by atoms with Crippen LogP contribution in [-0.2, 0) is 16.0 Å². The topological polar surface area (TPSA) is 101 Å². The number of nitrogens with one attached hydrogen (secondary N) is 1. The van der Waals surface area contributed by atoms with E-state index in [1.807, 2.05) is 23.3 Å². The van der Waals surface area contributed by atoms with Crippen LogP contribution in [0.3, 0.4) is 0 Å². The first kappa shape index (κ1) is 33.6. The zero-order valence-electron chi connectivity index (χ0n) is 27.3. The van der Waals surface area contributed by atoms with E-state index >= 15 is 0 Å². The predicted octanol–water partition coefficient (Wildman–Crippen LogP) is 6.68. The van der Waals surface area contributed by atoms with Crippen molar-refractivity contribution in [3.8, 4) is 17.0 Å². The van der Waals surface area contributed by atoms with Gasteiger partial charge in [-0.15, -0.1) is 11.3 Å². The molecule has 3 heterocycles. The van der Waals surface area contributed by atoms with Crippen LogP contribution in [0.5, 0.6) is 5.75 Å². The van der Waals surface area contributed by atoms with Crippen LogP contribution in [0.2, 0.25) is 0 Å². The summed E-state index contributed by atoms with van der Waals surface area (Å²) in [7, 11) is 1.65. The molecule has 1 aromatic heterocycles. The number of aryl methyl sites for hydroxylation is 1. The molecule has 0 unspecified atom stereocenters. The number of anilines is 1. The number of carbonyl (C=O) groups is 3. The maximum atomic E-state index is 13.3. The molecule has 2 aliphatic heterocycles. The predicted molar refractivity (Wildman–Crippen MR) is 182 cm³/mol. The molecule has 2 fully saturated rings. The summed E-state index contributed by atoms with van der Waals surface area (Å²) < 4.78 is 10.7. The Kier molecular flexibility index (Phi) is 11.8. The molecule has 1 N–H and O–H groups in total. The summed E-state index contributed by atoms with van der Waals surface area (Å²) in [4.78, 5) is 47.2. The highest BCUT2D eigenvalue weighted by Crippen LogP contribution is 2.34. The van der Waals surface area contributed by atoms with Gasteiger partial charge in [-0.3, -0.25) is 24.6 Å². The quantitative estimate of drug-likeness (QED) is 0.207. The van der Waals surface area contributed by atoms with Gasteiger partial charge in [0.15, 0.2) is 5.13 Å². The Morgan fingerprint density at radius 3 is 2.48 bits per heavy atom. The Balaban J connectivity index is 1.11. The average Bonchev–Trinajstić information content (AvgIpc) is 3.76. The van der Waals surface area contributed by atoms with Crippen LogP contribution in [0.4, 0.5) is 5.13 Å². The smallest absolute Gasteiger partial charge is 0.305 e. The maximum absolute atomic E-state index is 13.3. The van der Waals surface area contributed by atoms with Crippen molar-refractivity contribution in [2.45, 2.75) is 71.3 Å². The summed E-state index contributed by atoms with van der Waals surface area (Å²) in [5.41, 5.74) is 3.97. The first-order valence-corrected chi connectivity index (χ1v) is 17.5. The number of unbranched alkanes of at least 4 members (excludes halogenated alkanes) is 1. The van der Waals surface area contributed by atoms with Crippen LogP contribution in [0.25, 0.3) is 11.3 Å². The fraction of sp³-hybridized carbons (Fsp3) is 0.500. The summed E-state index contributed by atoms with van der Waals surface area (Å²) >= 11 is 1.37. The molecule has 0 radical (unpaired) electrons. The van der Waals surface area contributed by atoms with Gasteiger partial charge in [0.05, 0.1) is 19.4 Å².